The molecule has 0 saturated carbocycles. The number of hydrogen-bond donors (Lipinski definition) is 1. The molecular formula is C18H20BrNO2. The number of rotatable bonds is 5. The van der Waals surface area contributed by atoms with E-state index in [1.165, 1.54) is 5.56 Å². The van der Waals surface area contributed by atoms with Crippen LogP contribution in [0.3, 0.4) is 0 Å². The van der Waals surface area contributed by atoms with Gasteiger partial charge in [0.2, 0.25) is 0 Å². The minimum absolute atomic E-state index is 0.0126. The van der Waals surface area contributed by atoms with E-state index >= 15 is 0 Å². The molecule has 0 bridgehead atoms. The molecule has 0 aliphatic carbocycles. The van der Waals surface area contributed by atoms with Gasteiger partial charge in [-0.3, -0.25) is 4.79 Å². The van der Waals surface area contributed by atoms with Crippen LogP contribution in [-0.4, -0.2) is 12.5 Å². The Morgan fingerprint density at radius 1 is 1.18 bits per heavy atom. The topological polar surface area (TPSA) is 38.3 Å². The van der Waals surface area contributed by atoms with Crippen LogP contribution in [0, 0.1) is 6.92 Å². The normalized spacial score (nSPS) is 10.6. The van der Waals surface area contributed by atoms with E-state index in [1.807, 2.05) is 49.4 Å². The maximum absolute atomic E-state index is 11.9. The fourth-order valence-corrected chi connectivity index (χ4v) is 2.60. The maximum Gasteiger partial charge on any atom is 0.262 e. The highest BCUT2D eigenvalue weighted by Gasteiger charge is 2.07. The van der Waals surface area contributed by atoms with Crippen LogP contribution >= 0.6 is 15.9 Å². The summed E-state index contributed by atoms with van der Waals surface area (Å²) in [5.41, 5.74) is 3.13. The lowest BCUT2D eigenvalue weighted by Crippen LogP contribution is -2.20. The summed E-state index contributed by atoms with van der Waals surface area (Å²) in [6.45, 7) is 6.27. The molecule has 0 aromatic heterocycles. The molecule has 0 aliphatic rings. The summed E-state index contributed by atoms with van der Waals surface area (Å²) < 4.78 is 6.37. The minimum Gasteiger partial charge on any atom is -0.484 e. The average molecular weight is 362 g/mol. The lowest BCUT2D eigenvalue weighted by molar-refractivity contribution is -0.118. The van der Waals surface area contributed by atoms with Gasteiger partial charge in [-0.2, -0.15) is 0 Å². The van der Waals surface area contributed by atoms with Crippen molar-refractivity contribution in [1.82, 2.24) is 0 Å². The van der Waals surface area contributed by atoms with Crippen molar-refractivity contribution in [2.75, 3.05) is 11.9 Å². The number of benzene rings is 2. The van der Waals surface area contributed by atoms with E-state index < -0.39 is 0 Å². The van der Waals surface area contributed by atoms with E-state index in [-0.39, 0.29) is 12.5 Å². The summed E-state index contributed by atoms with van der Waals surface area (Å²) in [5.74, 6) is 0.997. The number of nitrogens with one attached hydrogen (secondary N) is 1. The molecule has 0 heterocycles. The van der Waals surface area contributed by atoms with Gasteiger partial charge in [-0.15, -0.1) is 0 Å². The first-order chi connectivity index (χ1) is 10.5. The van der Waals surface area contributed by atoms with E-state index in [4.69, 9.17) is 4.74 Å². The van der Waals surface area contributed by atoms with Gasteiger partial charge in [-0.05, 0) is 64.2 Å². The predicted octanol–water partition coefficient (Wildman–Crippen LogP) is 4.90. The predicted molar refractivity (Wildman–Crippen MR) is 93.5 cm³/mol. The van der Waals surface area contributed by atoms with Gasteiger partial charge in [-0.25, -0.2) is 0 Å². The molecule has 0 unspecified atom stereocenters. The number of hydrogen-bond acceptors (Lipinski definition) is 2. The third-order valence-corrected chi connectivity index (χ3v) is 3.97. The molecule has 3 nitrogen and oxygen atoms in total. The molecule has 1 N–H and O–H groups in total. The Balaban J connectivity index is 1.89. The number of ether oxygens (including phenoxy) is 1. The van der Waals surface area contributed by atoms with Crippen LogP contribution in [0.1, 0.15) is 30.9 Å². The molecule has 2 aromatic rings. The van der Waals surface area contributed by atoms with Gasteiger partial charge in [0.15, 0.2) is 6.61 Å². The molecule has 4 heteroatoms. The highest BCUT2D eigenvalue weighted by atomic mass is 79.9. The summed E-state index contributed by atoms with van der Waals surface area (Å²) in [6, 6.07) is 13.6. The van der Waals surface area contributed by atoms with Gasteiger partial charge in [0.1, 0.15) is 5.75 Å². The summed E-state index contributed by atoms with van der Waals surface area (Å²) in [4.78, 5) is 11.9. The number of amides is 1. The Morgan fingerprint density at radius 3 is 2.45 bits per heavy atom. The van der Waals surface area contributed by atoms with E-state index in [0.717, 1.165) is 15.7 Å². The lowest BCUT2D eigenvalue weighted by Gasteiger charge is -2.10. The zero-order valence-electron chi connectivity index (χ0n) is 13.0. The van der Waals surface area contributed by atoms with E-state index in [0.29, 0.717) is 11.7 Å². The number of anilines is 1. The quantitative estimate of drug-likeness (QED) is 0.822. The molecule has 0 atom stereocenters. The monoisotopic (exact) mass is 361 g/mol. The van der Waals surface area contributed by atoms with Gasteiger partial charge in [0.25, 0.3) is 5.91 Å². The average Bonchev–Trinajstić information content (AvgIpc) is 2.48. The first-order valence-electron chi connectivity index (χ1n) is 7.24. The molecule has 116 valence electrons. The molecular weight excluding hydrogens is 342 g/mol. The second kappa shape index (κ2) is 7.45. The zero-order chi connectivity index (χ0) is 16.1. The molecule has 0 aliphatic heterocycles. The Hall–Kier alpha value is -1.81. The van der Waals surface area contributed by atoms with Gasteiger partial charge in [0.05, 0.1) is 5.69 Å². The molecule has 0 fully saturated rings. The van der Waals surface area contributed by atoms with Crippen LogP contribution in [0.25, 0.3) is 0 Å². The molecule has 0 saturated heterocycles. The Kier molecular flexibility index (Phi) is 5.61. The maximum atomic E-state index is 11.9. The molecule has 2 rings (SSSR count). The first kappa shape index (κ1) is 16.6. The molecule has 0 spiro atoms. The van der Waals surface area contributed by atoms with Crippen molar-refractivity contribution in [2.24, 2.45) is 0 Å². The van der Waals surface area contributed by atoms with Crippen molar-refractivity contribution in [2.45, 2.75) is 26.7 Å². The Bertz CT molecular complexity index is 651. The third kappa shape index (κ3) is 4.60. The fraction of sp³-hybridized carbons (Fsp3) is 0.278. The van der Waals surface area contributed by atoms with Crippen LogP contribution in [0.5, 0.6) is 5.75 Å². The number of aryl methyl sites for hydroxylation is 1. The zero-order valence-corrected chi connectivity index (χ0v) is 14.6. The minimum atomic E-state index is -0.183. The highest BCUT2D eigenvalue weighted by Crippen LogP contribution is 2.23. The Morgan fingerprint density at radius 2 is 1.86 bits per heavy atom. The van der Waals surface area contributed by atoms with Gasteiger partial charge >= 0.3 is 0 Å². The third-order valence-electron chi connectivity index (χ3n) is 3.32. The number of halogens is 1. The highest BCUT2D eigenvalue weighted by molar-refractivity contribution is 9.10. The Labute approximate surface area is 139 Å². The van der Waals surface area contributed by atoms with Crippen molar-refractivity contribution in [3.05, 3.63) is 58.1 Å². The van der Waals surface area contributed by atoms with Gasteiger partial charge < -0.3 is 10.1 Å². The SMILES string of the molecule is Cc1ccc(NC(=O)COc2ccc(C(C)C)cc2)c(Br)c1. The van der Waals surface area contributed by atoms with E-state index in [9.17, 15) is 4.79 Å². The first-order valence-corrected chi connectivity index (χ1v) is 8.04. The van der Waals surface area contributed by atoms with Crippen molar-refractivity contribution >= 4 is 27.5 Å². The van der Waals surface area contributed by atoms with Crippen molar-refractivity contribution in [3.63, 3.8) is 0 Å². The van der Waals surface area contributed by atoms with Crippen molar-refractivity contribution in [1.29, 1.82) is 0 Å². The van der Waals surface area contributed by atoms with Crippen LogP contribution < -0.4 is 10.1 Å². The van der Waals surface area contributed by atoms with Gasteiger partial charge in [-0.1, -0.05) is 32.0 Å². The molecule has 2 aromatic carbocycles. The second-order valence-electron chi connectivity index (χ2n) is 5.54. The molecule has 0 radical (unpaired) electrons. The van der Waals surface area contributed by atoms with E-state index in [1.54, 1.807) is 0 Å². The summed E-state index contributed by atoms with van der Waals surface area (Å²) in [7, 11) is 0. The largest absolute Gasteiger partial charge is 0.484 e. The van der Waals surface area contributed by atoms with Crippen LogP contribution in [0.15, 0.2) is 46.9 Å². The molecule has 1 amide bonds. The molecule has 22 heavy (non-hydrogen) atoms. The van der Waals surface area contributed by atoms with Crippen molar-refractivity contribution in [3.8, 4) is 5.75 Å². The standard InChI is InChI=1S/C18H20BrNO2/c1-12(2)14-5-7-15(8-6-14)22-11-18(21)20-17-9-4-13(3)10-16(17)19/h4-10,12H,11H2,1-3H3,(H,20,21). The van der Waals surface area contributed by atoms with Crippen LogP contribution in [0.2, 0.25) is 0 Å². The lowest BCUT2D eigenvalue weighted by atomic mass is 10.0. The summed E-state index contributed by atoms with van der Waals surface area (Å²) >= 11 is 3.44. The second-order valence-corrected chi connectivity index (χ2v) is 6.40. The smallest absolute Gasteiger partial charge is 0.262 e. The number of carbonyl (C=O) groups is 1. The van der Waals surface area contributed by atoms with Gasteiger partial charge in [0, 0.05) is 4.47 Å². The summed E-state index contributed by atoms with van der Waals surface area (Å²) in [6.07, 6.45) is 0. The number of carbonyl (C=O) groups excluding carboxylic acids is 1. The fourth-order valence-electron chi connectivity index (χ4n) is 2.01. The van der Waals surface area contributed by atoms with Crippen LogP contribution in [-0.2, 0) is 4.79 Å². The van der Waals surface area contributed by atoms with E-state index in [2.05, 4.69) is 35.1 Å². The van der Waals surface area contributed by atoms with Crippen molar-refractivity contribution < 1.29 is 9.53 Å². The summed E-state index contributed by atoms with van der Waals surface area (Å²) in [5, 5.41) is 2.83. The van der Waals surface area contributed by atoms with Crippen LogP contribution in [0.4, 0.5) is 5.69 Å².